The summed E-state index contributed by atoms with van der Waals surface area (Å²) in [6.07, 6.45) is 1.70. The number of fused-ring (bicyclic) bond motifs is 1. The number of carbonyl (C=O) groups excluding carboxylic acids is 1. The average molecular weight is 190 g/mol. The van der Waals surface area contributed by atoms with Gasteiger partial charge in [-0.2, -0.15) is 5.10 Å². The number of hydrogen-bond acceptors (Lipinski definition) is 2. The minimum absolute atomic E-state index is 0.568. The van der Waals surface area contributed by atoms with Gasteiger partial charge in [-0.15, -0.1) is 0 Å². The molecule has 0 aliphatic rings. The molecule has 0 spiro atoms. The van der Waals surface area contributed by atoms with Crippen molar-refractivity contribution in [3.63, 3.8) is 0 Å². The first-order valence-electron chi connectivity index (χ1n) is 4.15. The number of nitrogens with two attached hydrogens (primary N) is 1. The van der Waals surface area contributed by atoms with Crippen LogP contribution >= 0.6 is 0 Å². The van der Waals surface area contributed by atoms with Crippen molar-refractivity contribution in [3.8, 4) is 0 Å². The van der Waals surface area contributed by atoms with Crippen molar-refractivity contribution in [2.24, 2.45) is 12.8 Å². The van der Waals surface area contributed by atoms with Crippen molar-refractivity contribution < 1.29 is 4.79 Å². The fourth-order valence-corrected chi connectivity index (χ4v) is 1.42. The van der Waals surface area contributed by atoms with Crippen LogP contribution in [0.2, 0.25) is 0 Å². The summed E-state index contributed by atoms with van der Waals surface area (Å²) in [5.74, 6) is 0. The first-order valence-corrected chi connectivity index (χ1v) is 4.15. The number of primary amides is 1. The van der Waals surface area contributed by atoms with Crippen LogP contribution in [0, 0.1) is 0 Å². The van der Waals surface area contributed by atoms with Gasteiger partial charge in [0.2, 0.25) is 0 Å². The number of amides is 2. The maximum atomic E-state index is 10.7. The van der Waals surface area contributed by atoms with Gasteiger partial charge in [-0.25, -0.2) is 4.79 Å². The van der Waals surface area contributed by atoms with E-state index in [0.29, 0.717) is 5.69 Å². The van der Waals surface area contributed by atoms with Crippen molar-refractivity contribution in [2.75, 3.05) is 5.32 Å². The van der Waals surface area contributed by atoms with Gasteiger partial charge in [-0.1, -0.05) is 6.07 Å². The summed E-state index contributed by atoms with van der Waals surface area (Å²) in [5, 5.41) is 7.52. The van der Waals surface area contributed by atoms with Crippen molar-refractivity contribution in [1.82, 2.24) is 9.78 Å². The number of nitrogens with one attached hydrogen (secondary N) is 1. The van der Waals surface area contributed by atoms with E-state index < -0.39 is 6.03 Å². The number of hydrogen-bond donors (Lipinski definition) is 2. The van der Waals surface area contributed by atoms with Gasteiger partial charge in [-0.05, 0) is 12.1 Å². The zero-order valence-corrected chi connectivity index (χ0v) is 7.69. The van der Waals surface area contributed by atoms with Gasteiger partial charge < -0.3 is 11.1 Å². The standard InChI is InChI=1S/C9H10N4O/c1-13-8-4-2-3-7(12-9(10)14)6(8)5-11-13/h2-5H,1H3,(H3,10,12,14). The van der Waals surface area contributed by atoms with Crippen LogP contribution < -0.4 is 11.1 Å². The molecule has 2 rings (SSSR count). The van der Waals surface area contributed by atoms with Gasteiger partial charge in [-0.3, -0.25) is 4.68 Å². The summed E-state index contributed by atoms with van der Waals surface area (Å²) in [5.41, 5.74) is 6.68. The molecule has 0 aliphatic heterocycles. The monoisotopic (exact) mass is 190 g/mol. The van der Waals surface area contributed by atoms with Gasteiger partial charge in [0.25, 0.3) is 0 Å². The molecule has 0 aliphatic carbocycles. The number of aryl methyl sites for hydroxylation is 1. The minimum Gasteiger partial charge on any atom is -0.351 e. The molecule has 0 saturated heterocycles. The first-order chi connectivity index (χ1) is 6.68. The van der Waals surface area contributed by atoms with Gasteiger partial charge in [0.15, 0.2) is 0 Å². The van der Waals surface area contributed by atoms with E-state index in [0.717, 1.165) is 10.9 Å². The van der Waals surface area contributed by atoms with Crippen molar-refractivity contribution in [2.45, 2.75) is 0 Å². The highest BCUT2D eigenvalue weighted by molar-refractivity contribution is 5.99. The molecule has 1 aromatic carbocycles. The molecule has 0 bridgehead atoms. The van der Waals surface area contributed by atoms with E-state index in [1.165, 1.54) is 0 Å². The second-order valence-corrected chi connectivity index (χ2v) is 3.00. The Labute approximate surface area is 80.5 Å². The average Bonchev–Trinajstić information content (AvgIpc) is 2.49. The number of carbonyl (C=O) groups is 1. The van der Waals surface area contributed by atoms with Crippen LogP contribution in [-0.4, -0.2) is 15.8 Å². The molecular formula is C9H10N4O. The lowest BCUT2D eigenvalue weighted by Gasteiger charge is -2.02. The molecule has 0 unspecified atom stereocenters. The maximum Gasteiger partial charge on any atom is 0.316 e. The molecule has 14 heavy (non-hydrogen) atoms. The van der Waals surface area contributed by atoms with Crippen LogP contribution in [0.1, 0.15) is 0 Å². The van der Waals surface area contributed by atoms with Crippen molar-refractivity contribution in [3.05, 3.63) is 24.4 Å². The van der Waals surface area contributed by atoms with Gasteiger partial charge in [0.05, 0.1) is 17.4 Å². The Hall–Kier alpha value is -2.04. The van der Waals surface area contributed by atoms with Crippen molar-refractivity contribution in [1.29, 1.82) is 0 Å². The Kier molecular flexibility index (Phi) is 1.85. The smallest absolute Gasteiger partial charge is 0.316 e. The topological polar surface area (TPSA) is 72.9 Å². The molecule has 0 saturated carbocycles. The fraction of sp³-hybridized carbons (Fsp3) is 0.111. The van der Waals surface area contributed by atoms with E-state index in [1.807, 2.05) is 19.2 Å². The Morgan fingerprint density at radius 3 is 3.07 bits per heavy atom. The van der Waals surface area contributed by atoms with Gasteiger partial charge in [0, 0.05) is 12.4 Å². The predicted molar refractivity (Wildman–Crippen MR) is 53.9 cm³/mol. The number of aromatic nitrogens is 2. The third-order valence-electron chi connectivity index (χ3n) is 2.05. The van der Waals surface area contributed by atoms with E-state index >= 15 is 0 Å². The van der Waals surface area contributed by atoms with E-state index in [9.17, 15) is 4.79 Å². The van der Waals surface area contributed by atoms with E-state index in [2.05, 4.69) is 10.4 Å². The van der Waals surface area contributed by atoms with E-state index in [4.69, 9.17) is 5.73 Å². The lowest BCUT2D eigenvalue weighted by Crippen LogP contribution is -2.19. The second-order valence-electron chi connectivity index (χ2n) is 3.00. The third-order valence-corrected chi connectivity index (χ3v) is 2.05. The van der Waals surface area contributed by atoms with Crippen LogP contribution in [0.3, 0.4) is 0 Å². The Balaban J connectivity index is 2.59. The Morgan fingerprint density at radius 2 is 2.36 bits per heavy atom. The highest BCUT2D eigenvalue weighted by Gasteiger charge is 2.05. The predicted octanol–water partition coefficient (Wildman–Crippen LogP) is 1.06. The quantitative estimate of drug-likeness (QED) is 0.705. The normalized spacial score (nSPS) is 10.4. The number of urea groups is 1. The van der Waals surface area contributed by atoms with E-state index in [-0.39, 0.29) is 0 Å². The molecule has 0 fully saturated rings. The van der Waals surface area contributed by atoms with Gasteiger partial charge >= 0.3 is 6.03 Å². The van der Waals surface area contributed by atoms with Crippen LogP contribution in [-0.2, 0) is 7.05 Å². The summed E-state index contributed by atoms with van der Waals surface area (Å²) >= 11 is 0. The molecule has 3 N–H and O–H groups in total. The largest absolute Gasteiger partial charge is 0.351 e. The highest BCUT2D eigenvalue weighted by Crippen LogP contribution is 2.21. The van der Waals surface area contributed by atoms with E-state index in [1.54, 1.807) is 16.9 Å². The molecular weight excluding hydrogens is 180 g/mol. The molecule has 5 heteroatoms. The van der Waals surface area contributed by atoms with Crippen LogP contribution in [0.5, 0.6) is 0 Å². The summed E-state index contributed by atoms with van der Waals surface area (Å²) in [4.78, 5) is 10.7. The van der Waals surface area contributed by atoms with Crippen LogP contribution in [0.15, 0.2) is 24.4 Å². The van der Waals surface area contributed by atoms with Crippen LogP contribution in [0.25, 0.3) is 10.9 Å². The number of nitrogens with zero attached hydrogens (tertiary/aromatic N) is 2. The molecule has 2 amide bonds. The first kappa shape index (κ1) is 8.55. The highest BCUT2D eigenvalue weighted by atomic mass is 16.2. The van der Waals surface area contributed by atoms with Crippen LogP contribution in [0.4, 0.5) is 10.5 Å². The molecule has 0 radical (unpaired) electrons. The number of benzene rings is 1. The van der Waals surface area contributed by atoms with Crippen molar-refractivity contribution >= 4 is 22.6 Å². The zero-order chi connectivity index (χ0) is 10.1. The summed E-state index contributed by atoms with van der Waals surface area (Å²) in [7, 11) is 1.84. The number of anilines is 1. The SMILES string of the molecule is Cn1ncc2c(NC(N)=O)cccc21. The lowest BCUT2D eigenvalue weighted by molar-refractivity contribution is 0.259. The third kappa shape index (κ3) is 1.28. The summed E-state index contributed by atoms with van der Waals surface area (Å²) in [6.45, 7) is 0. The van der Waals surface area contributed by atoms with Gasteiger partial charge in [0.1, 0.15) is 0 Å². The Bertz CT molecular complexity index is 489. The molecule has 0 atom stereocenters. The lowest BCUT2D eigenvalue weighted by atomic mass is 10.2. The second kappa shape index (κ2) is 3.02. The summed E-state index contributed by atoms with van der Waals surface area (Å²) in [6, 6.07) is 4.99. The summed E-state index contributed by atoms with van der Waals surface area (Å²) < 4.78 is 1.74. The molecule has 72 valence electrons. The molecule has 2 aromatic rings. The molecule has 1 heterocycles. The fourth-order valence-electron chi connectivity index (χ4n) is 1.42. The minimum atomic E-state index is -0.568. The number of rotatable bonds is 1. The molecule has 1 aromatic heterocycles. The molecule has 5 nitrogen and oxygen atoms in total. The Morgan fingerprint density at radius 1 is 1.57 bits per heavy atom. The zero-order valence-electron chi connectivity index (χ0n) is 7.69. The maximum absolute atomic E-state index is 10.7.